The van der Waals surface area contributed by atoms with Gasteiger partial charge in [0.15, 0.2) is 0 Å². The maximum absolute atomic E-state index is 14.1. The molecule has 1 N–H and O–H groups in total. The first kappa shape index (κ1) is 14.0. The lowest BCUT2D eigenvalue weighted by atomic mass is 9.83. The van der Waals surface area contributed by atoms with Crippen LogP contribution in [-0.2, 0) is 9.59 Å². The normalized spacial score (nSPS) is 25.8. The predicted octanol–water partition coefficient (Wildman–Crippen LogP) is 2.01. The number of carbonyl (C=O) groups excluding carboxylic acids is 2. The quantitative estimate of drug-likeness (QED) is 0.926. The molecular weight excluding hydrogens is 271 g/mol. The third-order valence-electron chi connectivity index (χ3n) is 4.35. The van der Waals surface area contributed by atoms with Gasteiger partial charge in [0.1, 0.15) is 5.82 Å². The van der Waals surface area contributed by atoms with Crippen molar-refractivity contribution in [2.24, 2.45) is 5.92 Å². The zero-order valence-corrected chi connectivity index (χ0v) is 12.0. The van der Waals surface area contributed by atoms with Crippen molar-refractivity contribution in [3.63, 3.8) is 0 Å². The molecule has 2 fully saturated rings. The monoisotopic (exact) mass is 290 g/mol. The number of nitrogens with zero attached hydrogens (tertiary/aromatic N) is 1. The van der Waals surface area contributed by atoms with Gasteiger partial charge in [0.2, 0.25) is 11.8 Å². The smallest absolute Gasteiger partial charge is 0.225 e. The van der Waals surface area contributed by atoms with E-state index >= 15 is 0 Å². The summed E-state index contributed by atoms with van der Waals surface area (Å²) in [6, 6.07) is 6.13. The van der Waals surface area contributed by atoms with Gasteiger partial charge in [0.05, 0.1) is 12.0 Å². The molecule has 21 heavy (non-hydrogen) atoms. The van der Waals surface area contributed by atoms with E-state index in [1.54, 1.807) is 25.2 Å². The molecule has 1 aromatic carbocycles. The Hall–Kier alpha value is -1.91. The molecule has 2 amide bonds. The molecule has 3 rings (SSSR count). The van der Waals surface area contributed by atoms with Crippen LogP contribution in [-0.4, -0.2) is 29.8 Å². The molecule has 0 bridgehead atoms. The predicted molar refractivity (Wildman–Crippen MR) is 75.8 cm³/mol. The number of piperidine rings is 1. The van der Waals surface area contributed by atoms with Gasteiger partial charge in [-0.25, -0.2) is 4.39 Å². The Labute approximate surface area is 123 Å². The van der Waals surface area contributed by atoms with E-state index in [1.165, 1.54) is 11.0 Å². The number of nitrogens with one attached hydrogen (secondary N) is 1. The topological polar surface area (TPSA) is 49.4 Å². The summed E-state index contributed by atoms with van der Waals surface area (Å²) in [5.74, 6) is -0.859. The SMILES string of the molecule is CN1C(=O)CC[C@H](C(=O)NC2CC2)[C@@H]1c1ccccc1F. The average molecular weight is 290 g/mol. The lowest BCUT2D eigenvalue weighted by Gasteiger charge is -2.38. The molecule has 2 aliphatic rings. The highest BCUT2D eigenvalue weighted by Crippen LogP contribution is 2.37. The number of hydrogen-bond donors (Lipinski definition) is 1. The molecule has 0 unspecified atom stereocenters. The third-order valence-corrected chi connectivity index (χ3v) is 4.35. The van der Waals surface area contributed by atoms with E-state index in [-0.39, 0.29) is 29.6 Å². The van der Waals surface area contributed by atoms with Crippen LogP contribution in [0.5, 0.6) is 0 Å². The molecule has 0 radical (unpaired) electrons. The molecule has 0 spiro atoms. The third kappa shape index (κ3) is 2.77. The molecule has 112 valence electrons. The largest absolute Gasteiger partial charge is 0.353 e. The van der Waals surface area contributed by atoms with Gasteiger partial charge in [-0.15, -0.1) is 0 Å². The highest BCUT2D eigenvalue weighted by atomic mass is 19.1. The number of amides is 2. The molecular formula is C16H19FN2O2. The van der Waals surface area contributed by atoms with Crippen LogP contribution in [0.3, 0.4) is 0 Å². The lowest BCUT2D eigenvalue weighted by molar-refractivity contribution is -0.141. The molecule has 1 aliphatic heterocycles. The Morgan fingerprint density at radius 2 is 2.00 bits per heavy atom. The summed E-state index contributed by atoms with van der Waals surface area (Å²) >= 11 is 0. The number of hydrogen-bond acceptors (Lipinski definition) is 2. The zero-order valence-electron chi connectivity index (χ0n) is 12.0. The minimum atomic E-state index is -0.522. The van der Waals surface area contributed by atoms with Crippen molar-refractivity contribution >= 4 is 11.8 Å². The van der Waals surface area contributed by atoms with Gasteiger partial charge < -0.3 is 10.2 Å². The minimum absolute atomic E-state index is 0.0428. The summed E-state index contributed by atoms with van der Waals surface area (Å²) < 4.78 is 14.1. The Morgan fingerprint density at radius 3 is 2.67 bits per heavy atom. The zero-order chi connectivity index (χ0) is 15.0. The van der Waals surface area contributed by atoms with Crippen LogP contribution >= 0.6 is 0 Å². The fourth-order valence-corrected chi connectivity index (χ4v) is 2.99. The van der Waals surface area contributed by atoms with Crippen LogP contribution in [0.15, 0.2) is 24.3 Å². The standard InChI is InChI=1S/C16H19FN2O2/c1-19-14(20)9-8-12(16(21)18-10-6-7-10)15(19)11-4-2-3-5-13(11)17/h2-5,10,12,15H,6-9H2,1H3,(H,18,21)/t12-,15-/m0/s1. The first-order valence-electron chi connectivity index (χ1n) is 7.38. The summed E-state index contributed by atoms with van der Waals surface area (Å²) in [6.45, 7) is 0. The van der Waals surface area contributed by atoms with E-state index in [9.17, 15) is 14.0 Å². The molecule has 2 atom stereocenters. The van der Waals surface area contributed by atoms with Gasteiger partial charge in [-0.2, -0.15) is 0 Å². The van der Waals surface area contributed by atoms with Gasteiger partial charge in [-0.1, -0.05) is 18.2 Å². The van der Waals surface area contributed by atoms with Gasteiger partial charge in [0.25, 0.3) is 0 Å². The number of halogens is 1. The van der Waals surface area contributed by atoms with Gasteiger partial charge >= 0.3 is 0 Å². The van der Waals surface area contributed by atoms with Crippen molar-refractivity contribution in [2.75, 3.05) is 7.05 Å². The molecule has 4 nitrogen and oxygen atoms in total. The maximum Gasteiger partial charge on any atom is 0.225 e. The summed E-state index contributed by atoms with van der Waals surface area (Å²) in [7, 11) is 1.65. The number of rotatable bonds is 3. The van der Waals surface area contributed by atoms with Crippen molar-refractivity contribution in [2.45, 2.75) is 37.8 Å². The fraction of sp³-hybridized carbons (Fsp3) is 0.500. The molecule has 1 saturated heterocycles. The summed E-state index contributed by atoms with van der Waals surface area (Å²) in [5.41, 5.74) is 0.420. The van der Waals surface area contributed by atoms with Crippen molar-refractivity contribution < 1.29 is 14.0 Å². The Morgan fingerprint density at radius 1 is 1.29 bits per heavy atom. The first-order valence-corrected chi connectivity index (χ1v) is 7.38. The number of carbonyl (C=O) groups is 2. The van der Waals surface area contributed by atoms with Gasteiger partial charge in [-0.05, 0) is 25.3 Å². The first-order chi connectivity index (χ1) is 10.1. The van der Waals surface area contributed by atoms with Crippen LogP contribution in [0, 0.1) is 11.7 Å². The van der Waals surface area contributed by atoms with Crippen LogP contribution in [0.25, 0.3) is 0 Å². The summed E-state index contributed by atoms with van der Waals surface area (Å²) in [5, 5.41) is 2.98. The number of benzene rings is 1. The highest BCUT2D eigenvalue weighted by molar-refractivity contribution is 5.85. The Balaban J connectivity index is 1.91. The molecule has 5 heteroatoms. The Kier molecular flexibility index (Phi) is 3.66. The van der Waals surface area contributed by atoms with Crippen LogP contribution in [0.2, 0.25) is 0 Å². The molecule has 1 aromatic rings. The molecule has 1 aliphatic carbocycles. The van der Waals surface area contributed by atoms with Crippen LogP contribution in [0.1, 0.15) is 37.3 Å². The maximum atomic E-state index is 14.1. The second kappa shape index (κ2) is 5.47. The van der Waals surface area contributed by atoms with Gasteiger partial charge in [-0.3, -0.25) is 9.59 Å². The molecule has 1 heterocycles. The van der Waals surface area contributed by atoms with Crippen LogP contribution < -0.4 is 5.32 Å². The lowest BCUT2D eigenvalue weighted by Crippen LogP contribution is -2.47. The second-order valence-corrected chi connectivity index (χ2v) is 5.90. The highest BCUT2D eigenvalue weighted by Gasteiger charge is 2.41. The second-order valence-electron chi connectivity index (χ2n) is 5.90. The van der Waals surface area contributed by atoms with Crippen molar-refractivity contribution in [1.82, 2.24) is 10.2 Å². The number of likely N-dealkylation sites (tertiary alicyclic amines) is 1. The van der Waals surface area contributed by atoms with E-state index < -0.39 is 6.04 Å². The van der Waals surface area contributed by atoms with Crippen molar-refractivity contribution in [3.8, 4) is 0 Å². The van der Waals surface area contributed by atoms with E-state index in [0.717, 1.165) is 12.8 Å². The van der Waals surface area contributed by atoms with Crippen LogP contribution in [0.4, 0.5) is 4.39 Å². The van der Waals surface area contributed by atoms with E-state index in [4.69, 9.17) is 0 Å². The average Bonchev–Trinajstić information content (AvgIpc) is 3.26. The van der Waals surface area contributed by atoms with E-state index in [2.05, 4.69) is 5.32 Å². The fourth-order valence-electron chi connectivity index (χ4n) is 2.99. The van der Waals surface area contributed by atoms with E-state index in [1.807, 2.05) is 0 Å². The summed E-state index contributed by atoms with van der Waals surface area (Å²) in [4.78, 5) is 25.9. The van der Waals surface area contributed by atoms with Crippen molar-refractivity contribution in [1.29, 1.82) is 0 Å². The molecule has 1 saturated carbocycles. The Bertz CT molecular complexity index is 571. The molecule has 0 aromatic heterocycles. The van der Waals surface area contributed by atoms with E-state index in [0.29, 0.717) is 18.4 Å². The summed E-state index contributed by atoms with van der Waals surface area (Å²) in [6.07, 6.45) is 2.83. The van der Waals surface area contributed by atoms with Gasteiger partial charge in [0, 0.05) is 25.1 Å². The van der Waals surface area contributed by atoms with Crippen molar-refractivity contribution in [3.05, 3.63) is 35.6 Å². The minimum Gasteiger partial charge on any atom is -0.353 e.